The smallest absolute Gasteiger partial charge is 0.319 e. The molecule has 0 bridgehead atoms. The molecule has 0 aliphatic carbocycles. The molecule has 1 aliphatic rings. The summed E-state index contributed by atoms with van der Waals surface area (Å²) in [6, 6.07) is 4.83. The summed E-state index contributed by atoms with van der Waals surface area (Å²) in [5.74, 6) is 0.418. The Morgan fingerprint density at radius 3 is 2.61 bits per heavy atom. The molecule has 1 aliphatic heterocycles. The van der Waals surface area contributed by atoms with Crippen molar-refractivity contribution in [1.29, 1.82) is 0 Å². The summed E-state index contributed by atoms with van der Waals surface area (Å²) < 4.78 is 12.0. The zero-order valence-electron chi connectivity index (χ0n) is 22.0. The summed E-state index contributed by atoms with van der Waals surface area (Å²) in [4.78, 5) is 37.9. The molecule has 2 aromatic rings. The highest BCUT2D eigenvalue weighted by Gasteiger charge is 2.28. The van der Waals surface area contributed by atoms with Crippen LogP contribution in [0.3, 0.4) is 0 Å². The van der Waals surface area contributed by atoms with Gasteiger partial charge >= 0.3 is 6.03 Å². The van der Waals surface area contributed by atoms with Crippen LogP contribution in [0.4, 0.5) is 10.5 Å². The Morgan fingerprint density at radius 1 is 1.22 bits per heavy atom. The number of fused-ring (bicyclic) bond motifs is 1. The monoisotopic (exact) mass is 498 g/mol. The van der Waals surface area contributed by atoms with Gasteiger partial charge in [-0.2, -0.15) is 0 Å². The summed E-state index contributed by atoms with van der Waals surface area (Å²) in [5.41, 5.74) is 1.92. The number of methoxy groups -OCH3 is 1. The fourth-order valence-corrected chi connectivity index (χ4v) is 4.23. The van der Waals surface area contributed by atoms with Crippen molar-refractivity contribution in [3.8, 4) is 5.75 Å². The molecule has 36 heavy (non-hydrogen) atoms. The van der Waals surface area contributed by atoms with E-state index in [1.807, 2.05) is 26.2 Å². The summed E-state index contributed by atoms with van der Waals surface area (Å²) in [6.45, 7) is 10.2. The Hall–Kier alpha value is -3.24. The van der Waals surface area contributed by atoms with Crippen LogP contribution in [0.1, 0.15) is 43.6 Å². The lowest BCUT2D eigenvalue weighted by atomic mass is 10.0. The summed E-state index contributed by atoms with van der Waals surface area (Å²) in [5, 5.41) is 5.58. The molecular weight excluding hydrogens is 460 g/mol. The molecule has 0 unspecified atom stereocenters. The molecule has 3 amide bonds. The van der Waals surface area contributed by atoms with E-state index < -0.39 is 0 Å². The quantitative estimate of drug-likeness (QED) is 0.652. The first-order valence-electron chi connectivity index (χ1n) is 12.3. The Labute approximate surface area is 213 Å². The highest BCUT2D eigenvalue weighted by atomic mass is 16.5. The molecule has 2 N–H and O–H groups in total. The van der Waals surface area contributed by atoms with E-state index in [0.29, 0.717) is 36.7 Å². The van der Waals surface area contributed by atoms with E-state index in [1.165, 1.54) is 6.33 Å². The molecule has 10 nitrogen and oxygen atoms in total. The van der Waals surface area contributed by atoms with Gasteiger partial charge in [-0.3, -0.25) is 9.69 Å². The lowest BCUT2D eigenvalue weighted by Gasteiger charge is -2.36. The molecule has 0 fully saturated rings. The van der Waals surface area contributed by atoms with Crippen LogP contribution >= 0.6 is 0 Å². The molecule has 10 heteroatoms. The number of aromatic nitrogens is 2. The highest BCUT2D eigenvalue weighted by molar-refractivity contribution is 5.99. The number of rotatable bonds is 5. The van der Waals surface area contributed by atoms with Crippen LogP contribution in [0.2, 0.25) is 0 Å². The van der Waals surface area contributed by atoms with Crippen molar-refractivity contribution >= 4 is 17.6 Å². The number of nitrogens with one attached hydrogen (secondary N) is 2. The fraction of sp³-hybridized carbons (Fsp3) is 0.538. The average molecular weight is 499 g/mol. The van der Waals surface area contributed by atoms with E-state index in [9.17, 15) is 9.59 Å². The molecule has 2 heterocycles. The number of hydrogen-bond acceptors (Lipinski definition) is 7. The number of urea groups is 1. The number of ether oxygens (including phenoxy) is 2. The Kier molecular flexibility index (Phi) is 9.60. The van der Waals surface area contributed by atoms with Crippen molar-refractivity contribution in [2.75, 3.05) is 39.2 Å². The number of anilines is 1. The lowest BCUT2D eigenvalue weighted by Crippen LogP contribution is -2.46. The lowest BCUT2D eigenvalue weighted by molar-refractivity contribution is 0.00918. The molecule has 0 radical (unpaired) electrons. The van der Waals surface area contributed by atoms with Crippen molar-refractivity contribution in [3.05, 3.63) is 48.0 Å². The van der Waals surface area contributed by atoms with Gasteiger partial charge in [0, 0.05) is 69.5 Å². The second-order valence-corrected chi connectivity index (χ2v) is 9.74. The minimum absolute atomic E-state index is 0.00904. The molecule has 0 saturated heterocycles. The van der Waals surface area contributed by atoms with Crippen LogP contribution in [-0.4, -0.2) is 83.7 Å². The number of benzene rings is 1. The molecular formula is C26H38N6O4. The van der Waals surface area contributed by atoms with Crippen molar-refractivity contribution in [2.45, 2.75) is 52.4 Å². The van der Waals surface area contributed by atoms with Crippen LogP contribution in [0.25, 0.3) is 0 Å². The molecule has 1 aromatic carbocycles. The molecule has 3 atom stereocenters. The number of nitrogens with zero attached hydrogens (tertiary/aromatic N) is 4. The van der Waals surface area contributed by atoms with Gasteiger partial charge in [0.1, 0.15) is 18.7 Å². The van der Waals surface area contributed by atoms with E-state index in [0.717, 1.165) is 12.1 Å². The SMILES string of the molecule is CO[C@H]1CN(C)C(=O)c2cc(NC(=O)NC(C)C)ccc2OC[C@H](C)N(Cc2cncnc2)C[C@@H]1C. The van der Waals surface area contributed by atoms with Crippen LogP contribution < -0.4 is 15.4 Å². The highest BCUT2D eigenvalue weighted by Crippen LogP contribution is 2.26. The van der Waals surface area contributed by atoms with Gasteiger partial charge in [-0.15, -0.1) is 0 Å². The van der Waals surface area contributed by atoms with Gasteiger partial charge in [0.2, 0.25) is 0 Å². The van der Waals surface area contributed by atoms with Gasteiger partial charge in [-0.1, -0.05) is 6.92 Å². The molecule has 0 spiro atoms. The first-order valence-corrected chi connectivity index (χ1v) is 12.3. The van der Waals surface area contributed by atoms with Gasteiger partial charge < -0.3 is 25.0 Å². The van der Waals surface area contributed by atoms with E-state index >= 15 is 0 Å². The Balaban J connectivity index is 1.91. The molecule has 0 saturated carbocycles. The van der Waals surface area contributed by atoms with Gasteiger partial charge in [0.15, 0.2) is 0 Å². The van der Waals surface area contributed by atoms with Crippen LogP contribution in [-0.2, 0) is 11.3 Å². The zero-order chi connectivity index (χ0) is 26.2. The van der Waals surface area contributed by atoms with Gasteiger partial charge in [0.05, 0.1) is 11.7 Å². The maximum Gasteiger partial charge on any atom is 0.319 e. The summed E-state index contributed by atoms with van der Waals surface area (Å²) >= 11 is 0. The summed E-state index contributed by atoms with van der Waals surface area (Å²) in [7, 11) is 3.43. The molecule has 1 aromatic heterocycles. The normalized spacial score (nSPS) is 21.7. The second-order valence-electron chi connectivity index (χ2n) is 9.74. The van der Waals surface area contributed by atoms with E-state index in [1.54, 1.807) is 37.3 Å². The fourth-order valence-electron chi connectivity index (χ4n) is 4.23. The number of likely N-dealkylation sites (N-methyl/N-ethyl adjacent to an activating group) is 1. The standard InChI is InChI=1S/C26H38N6O4/c1-17(2)29-26(34)30-21-7-8-23-22(9-21)25(33)31(5)14-24(35-6)18(3)12-32(19(4)15-36-23)13-20-10-27-16-28-11-20/h7-11,16-19,24H,12-15H2,1-6H3,(H2,29,30,34)/t18-,19-,24-/m0/s1. The number of hydrogen-bond donors (Lipinski definition) is 2. The third-order valence-electron chi connectivity index (χ3n) is 6.25. The predicted molar refractivity (Wildman–Crippen MR) is 138 cm³/mol. The topological polar surface area (TPSA) is 109 Å². The number of amides is 3. The first-order chi connectivity index (χ1) is 17.2. The third-order valence-corrected chi connectivity index (χ3v) is 6.25. The van der Waals surface area contributed by atoms with Crippen molar-refractivity contribution in [3.63, 3.8) is 0 Å². The van der Waals surface area contributed by atoms with E-state index in [4.69, 9.17) is 9.47 Å². The molecule has 196 valence electrons. The Morgan fingerprint density at radius 2 is 1.94 bits per heavy atom. The maximum atomic E-state index is 13.5. The minimum Gasteiger partial charge on any atom is -0.491 e. The van der Waals surface area contributed by atoms with Crippen molar-refractivity contribution < 1.29 is 19.1 Å². The molecule has 3 rings (SSSR count). The summed E-state index contributed by atoms with van der Waals surface area (Å²) in [6.07, 6.45) is 5.00. The number of carbonyl (C=O) groups excluding carboxylic acids is 2. The van der Waals surface area contributed by atoms with Crippen molar-refractivity contribution in [2.24, 2.45) is 5.92 Å². The van der Waals surface area contributed by atoms with E-state index in [2.05, 4.69) is 39.3 Å². The first kappa shape index (κ1) is 27.3. The second kappa shape index (κ2) is 12.6. The van der Waals surface area contributed by atoms with Gasteiger partial charge in [-0.25, -0.2) is 14.8 Å². The Bertz CT molecular complexity index is 1020. The maximum absolute atomic E-state index is 13.5. The number of carbonyl (C=O) groups is 2. The van der Waals surface area contributed by atoms with Crippen molar-refractivity contribution in [1.82, 2.24) is 25.1 Å². The van der Waals surface area contributed by atoms with Crippen LogP contribution in [0.15, 0.2) is 36.9 Å². The largest absolute Gasteiger partial charge is 0.491 e. The van der Waals surface area contributed by atoms with Crippen LogP contribution in [0.5, 0.6) is 5.75 Å². The average Bonchev–Trinajstić information content (AvgIpc) is 2.84. The predicted octanol–water partition coefficient (Wildman–Crippen LogP) is 3.01. The van der Waals surface area contributed by atoms with Gasteiger partial charge in [-0.05, 0) is 44.9 Å². The van der Waals surface area contributed by atoms with Crippen LogP contribution in [0, 0.1) is 5.92 Å². The van der Waals surface area contributed by atoms with E-state index in [-0.39, 0.29) is 36.0 Å². The zero-order valence-corrected chi connectivity index (χ0v) is 22.0. The third kappa shape index (κ3) is 7.38. The van der Waals surface area contributed by atoms with Gasteiger partial charge in [0.25, 0.3) is 5.91 Å². The minimum atomic E-state index is -0.331.